The van der Waals surface area contributed by atoms with E-state index in [2.05, 4.69) is 16.4 Å². The van der Waals surface area contributed by atoms with Crippen LogP contribution in [0.15, 0.2) is 29.6 Å². The molecule has 1 unspecified atom stereocenters. The third-order valence-electron chi connectivity index (χ3n) is 2.94. The minimum atomic E-state index is -0.104. The summed E-state index contributed by atoms with van der Waals surface area (Å²) in [5.41, 5.74) is 1.40. The Bertz CT molecular complexity index is 584. The molecule has 5 heteroatoms. The third-order valence-corrected chi connectivity index (χ3v) is 4.03. The molecule has 0 aliphatic rings. The summed E-state index contributed by atoms with van der Waals surface area (Å²) in [7, 11) is 0. The number of aryl methyl sites for hydroxylation is 1. The van der Waals surface area contributed by atoms with Crippen molar-refractivity contribution in [1.82, 2.24) is 10.3 Å². The summed E-state index contributed by atoms with van der Waals surface area (Å²) in [6.07, 6.45) is 1.59. The van der Waals surface area contributed by atoms with Gasteiger partial charge in [-0.1, -0.05) is 24.6 Å². The Balaban J connectivity index is 2.02. The van der Waals surface area contributed by atoms with E-state index in [0.29, 0.717) is 10.7 Å². The number of thiophene rings is 1. The zero-order chi connectivity index (χ0) is 14.5. The molecule has 106 valence electrons. The van der Waals surface area contributed by atoms with Crippen molar-refractivity contribution < 1.29 is 4.79 Å². The van der Waals surface area contributed by atoms with Crippen LogP contribution in [0.4, 0.5) is 0 Å². The van der Waals surface area contributed by atoms with Crippen LogP contribution in [0.2, 0.25) is 5.15 Å². The van der Waals surface area contributed by atoms with Crippen LogP contribution in [-0.2, 0) is 12.8 Å². The van der Waals surface area contributed by atoms with Gasteiger partial charge >= 0.3 is 0 Å². The first-order valence-electron chi connectivity index (χ1n) is 6.58. The molecule has 0 saturated heterocycles. The number of halogens is 1. The van der Waals surface area contributed by atoms with Gasteiger partial charge in [0, 0.05) is 28.6 Å². The van der Waals surface area contributed by atoms with Crippen molar-refractivity contribution >= 4 is 28.8 Å². The number of carbonyl (C=O) groups is 1. The highest BCUT2D eigenvalue weighted by Gasteiger charge is 2.12. The van der Waals surface area contributed by atoms with Gasteiger partial charge in [-0.25, -0.2) is 4.98 Å². The second-order valence-corrected chi connectivity index (χ2v) is 6.10. The maximum absolute atomic E-state index is 12.2. The fourth-order valence-electron chi connectivity index (χ4n) is 1.95. The van der Waals surface area contributed by atoms with Crippen molar-refractivity contribution in [1.29, 1.82) is 0 Å². The number of pyridine rings is 1. The Morgan fingerprint density at radius 1 is 1.50 bits per heavy atom. The van der Waals surface area contributed by atoms with Gasteiger partial charge in [0.2, 0.25) is 0 Å². The van der Waals surface area contributed by atoms with E-state index in [1.807, 2.05) is 25.3 Å². The summed E-state index contributed by atoms with van der Waals surface area (Å²) in [6, 6.07) is 7.57. The SMILES string of the molecule is CCc1cc(C(=O)NC(C)Cc2cccs2)cc(Cl)n1. The predicted octanol–water partition coefficient (Wildman–Crippen LogP) is 3.72. The lowest BCUT2D eigenvalue weighted by Crippen LogP contribution is -2.34. The lowest BCUT2D eigenvalue weighted by atomic mass is 10.1. The fourth-order valence-corrected chi connectivity index (χ4v) is 3.01. The van der Waals surface area contributed by atoms with Crippen LogP contribution in [0.1, 0.15) is 34.8 Å². The zero-order valence-electron chi connectivity index (χ0n) is 11.5. The van der Waals surface area contributed by atoms with E-state index < -0.39 is 0 Å². The highest BCUT2D eigenvalue weighted by Crippen LogP contribution is 2.13. The van der Waals surface area contributed by atoms with Crippen molar-refractivity contribution in [2.45, 2.75) is 32.7 Å². The number of hydrogen-bond acceptors (Lipinski definition) is 3. The van der Waals surface area contributed by atoms with Gasteiger partial charge in [-0.3, -0.25) is 4.79 Å². The zero-order valence-corrected chi connectivity index (χ0v) is 13.1. The number of nitrogens with zero attached hydrogens (tertiary/aromatic N) is 1. The Labute approximate surface area is 128 Å². The molecule has 20 heavy (non-hydrogen) atoms. The first kappa shape index (κ1) is 15.0. The average molecular weight is 309 g/mol. The van der Waals surface area contributed by atoms with Crippen LogP contribution in [0.25, 0.3) is 0 Å². The predicted molar refractivity (Wildman–Crippen MR) is 83.6 cm³/mol. The minimum absolute atomic E-state index is 0.0816. The van der Waals surface area contributed by atoms with E-state index in [1.54, 1.807) is 23.5 Å². The lowest BCUT2D eigenvalue weighted by molar-refractivity contribution is 0.0940. The molecule has 2 heterocycles. The summed E-state index contributed by atoms with van der Waals surface area (Å²) in [5.74, 6) is -0.104. The van der Waals surface area contributed by atoms with Gasteiger partial charge in [-0.2, -0.15) is 0 Å². The monoisotopic (exact) mass is 308 g/mol. The smallest absolute Gasteiger partial charge is 0.251 e. The Morgan fingerprint density at radius 2 is 2.30 bits per heavy atom. The highest BCUT2D eigenvalue weighted by atomic mass is 35.5. The molecule has 0 bridgehead atoms. The van der Waals surface area contributed by atoms with E-state index in [0.717, 1.165) is 18.5 Å². The van der Waals surface area contributed by atoms with Gasteiger partial charge in [-0.05, 0) is 36.9 Å². The van der Waals surface area contributed by atoms with Crippen molar-refractivity contribution in [3.63, 3.8) is 0 Å². The van der Waals surface area contributed by atoms with E-state index in [4.69, 9.17) is 11.6 Å². The Morgan fingerprint density at radius 3 is 2.95 bits per heavy atom. The van der Waals surface area contributed by atoms with Crippen LogP contribution in [0.5, 0.6) is 0 Å². The van der Waals surface area contributed by atoms with Crippen LogP contribution in [-0.4, -0.2) is 16.9 Å². The Kier molecular flexibility index (Phi) is 5.15. The molecule has 0 fully saturated rings. The molecule has 1 N–H and O–H groups in total. The Hall–Kier alpha value is -1.39. The summed E-state index contributed by atoms with van der Waals surface area (Å²) in [4.78, 5) is 17.6. The first-order chi connectivity index (χ1) is 9.58. The molecule has 1 atom stereocenters. The number of aromatic nitrogens is 1. The first-order valence-corrected chi connectivity index (χ1v) is 7.84. The van der Waals surface area contributed by atoms with Gasteiger partial charge in [-0.15, -0.1) is 11.3 Å². The maximum atomic E-state index is 12.2. The number of hydrogen-bond donors (Lipinski definition) is 1. The molecule has 0 aromatic carbocycles. The van der Waals surface area contributed by atoms with Crippen molar-refractivity contribution in [3.05, 3.63) is 50.9 Å². The van der Waals surface area contributed by atoms with Gasteiger partial charge in [0.1, 0.15) is 5.15 Å². The summed E-state index contributed by atoms with van der Waals surface area (Å²) < 4.78 is 0. The van der Waals surface area contributed by atoms with Crippen LogP contribution < -0.4 is 5.32 Å². The van der Waals surface area contributed by atoms with E-state index in [9.17, 15) is 4.79 Å². The highest BCUT2D eigenvalue weighted by molar-refractivity contribution is 7.09. The second kappa shape index (κ2) is 6.86. The summed E-state index contributed by atoms with van der Waals surface area (Å²) in [6.45, 7) is 3.99. The van der Waals surface area contributed by atoms with Gasteiger partial charge in [0.15, 0.2) is 0 Å². The summed E-state index contributed by atoms with van der Waals surface area (Å²) in [5, 5.41) is 5.40. The number of amides is 1. The van der Waals surface area contributed by atoms with E-state index in [1.165, 1.54) is 4.88 Å². The van der Waals surface area contributed by atoms with Gasteiger partial charge < -0.3 is 5.32 Å². The van der Waals surface area contributed by atoms with Gasteiger partial charge in [0.05, 0.1) is 0 Å². The second-order valence-electron chi connectivity index (χ2n) is 4.68. The van der Waals surface area contributed by atoms with E-state index in [-0.39, 0.29) is 11.9 Å². The standard InChI is InChI=1S/C15H17ClN2OS/c1-3-12-8-11(9-14(16)18-12)15(19)17-10(2)7-13-5-4-6-20-13/h4-6,8-10H,3,7H2,1-2H3,(H,17,19). The van der Waals surface area contributed by atoms with Gasteiger partial charge in [0.25, 0.3) is 5.91 Å². The van der Waals surface area contributed by atoms with Crippen LogP contribution in [0.3, 0.4) is 0 Å². The topological polar surface area (TPSA) is 42.0 Å². The molecule has 0 aliphatic carbocycles. The number of carbonyl (C=O) groups excluding carboxylic acids is 1. The molecule has 0 radical (unpaired) electrons. The van der Waals surface area contributed by atoms with Crippen LogP contribution in [0, 0.1) is 0 Å². The molecule has 2 aromatic heterocycles. The molecule has 2 rings (SSSR count). The normalized spacial score (nSPS) is 12.2. The molecule has 0 aliphatic heterocycles. The maximum Gasteiger partial charge on any atom is 0.251 e. The molecule has 2 aromatic rings. The third kappa shape index (κ3) is 4.05. The molecule has 0 saturated carbocycles. The molecule has 3 nitrogen and oxygen atoms in total. The number of rotatable bonds is 5. The van der Waals surface area contributed by atoms with Crippen LogP contribution >= 0.6 is 22.9 Å². The average Bonchev–Trinajstić information content (AvgIpc) is 2.90. The van der Waals surface area contributed by atoms with E-state index >= 15 is 0 Å². The molecule has 1 amide bonds. The van der Waals surface area contributed by atoms with Crippen molar-refractivity contribution in [2.24, 2.45) is 0 Å². The molecule has 0 spiro atoms. The fraction of sp³-hybridized carbons (Fsp3) is 0.333. The number of nitrogens with one attached hydrogen (secondary N) is 1. The molecular formula is C15H17ClN2OS. The quantitative estimate of drug-likeness (QED) is 0.855. The summed E-state index contributed by atoms with van der Waals surface area (Å²) >= 11 is 7.64. The largest absolute Gasteiger partial charge is 0.349 e. The molecular weight excluding hydrogens is 292 g/mol. The van der Waals surface area contributed by atoms with Crippen molar-refractivity contribution in [3.8, 4) is 0 Å². The minimum Gasteiger partial charge on any atom is -0.349 e. The lowest BCUT2D eigenvalue weighted by Gasteiger charge is -2.13. The van der Waals surface area contributed by atoms with Crippen molar-refractivity contribution in [2.75, 3.05) is 0 Å².